The fourth-order valence-corrected chi connectivity index (χ4v) is 8.13. The van der Waals surface area contributed by atoms with Gasteiger partial charge >= 0.3 is 0 Å². The van der Waals surface area contributed by atoms with Crippen molar-refractivity contribution in [3.8, 4) is 51.0 Å². The van der Waals surface area contributed by atoms with Crippen LogP contribution in [0.15, 0.2) is 194 Å². The quantitative estimate of drug-likeness (QED) is 0.168. The summed E-state index contributed by atoms with van der Waals surface area (Å²) in [5, 5.41) is 9.68. The first kappa shape index (κ1) is 31.1. The summed E-state index contributed by atoms with van der Waals surface area (Å²) in [6, 6.07) is 68.7. The molecular formula is C51H32N4. The van der Waals surface area contributed by atoms with Gasteiger partial charge in [-0.2, -0.15) is 0 Å². The topological polar surface area (TPSA) is 43.6 Å². The number of hydrogen-bond donors (Lipinski definition) is 0. The largest absolute Gasteiger partial charge is 0.309 e. The summed E-state index contributed by atoms with van der Waals surface area (Å²) < 4.78 is 2.38. The van der Waals surface area contributed by atoms with E-state index < -0.39 is 0 Å². The van der Waals surface area contributed by atoms with Crippen LogP contribution in [0.2, 0.25) is 0 Å². The zero-order valence-electron chi connectivity index (χ0n) is 29.8. The lowest BCUT2D eigenvalue weighted by Crippen LogP contribution is -2.00. The minimum Gasteiger partial charge on any atom is -0.309 e. The van der Waals surface area contributed by atoms with Gasteiger partial charge in [-0.3, -0.25) is 0 Å². The summed E-state index contributed by atoms with van der Waals surface area (Å²) in [5.74, 6) is 1.95. The second kappa shape index (κ2) is 12.6. The van der Waals surface area contributed by atoms with Gasteiger partial charge in [-0.1, -0.05) is 158 Å². The Morgan fingerprint density at radius 1 is 0.291 bits per heavy atom. The van der Waals surface area contributed by atoms with Crippen LogP contribution in [0.3, 0.4) is 0 Å². The summed E-state index contributed by atoms with van der Waals surface area (Å²) >= 11 is 0. The molecule has 0 unspecified atom stereocenters. The van der Waals surface area contributed by atoms with Gasteiger partial charge in [0.2, 0.25) is 0 Å². The Bertz CT molecular complexity index is 3240. The van der Waals surface area contributed by atoms with Crippen LogP contribution in [-0.4, -0.2) is 19.5 Å². The van der Waals surface area contributed by atoms with E-state index in [2.05, 4.69) is 180 Å². The Morgan fingerprint density at radius 2 is 0.800 bits per heavy atom. The fourth-order valence-electron chi connectivity index (χ4n) is 8.13. The van der Waals surface area contributed by atoms with Crippen LogP contribution in [0.4, 0.5) is 0 Å². The SMILES string of the molecule is c1ccc(-c2nc(-c3ccc(-c4ccc(-n5c6ccccc6c6cc7ccccc7cc65)cc4)cc3)nc(-c3cc4ccccc4c4ccccc34)n2)cc1. The predicted octanol–water partition coefficient (Wildman–Crippen LogP) is 13.1. The van der Waals surface area contributed by atoms with Gasteiger partial charge in [0.1, 0.15) is 0 Å². The van der Waals surface area contributed by atoms with Crippen LogP contribution in [0, 0.1) is 0 Å². The molecule has 2 aromatic heterocycles. The number of fused-ring (bicyclic) bond motifs is 7. The van der Waals surface area contributed by atoms with Crippen molar-refractivity contribution >= 4 is 54.1 Å². The normalized spacial score (nSPS) is 11.6. The molecule has 0 bridgehead atoms. The summed E-state index contributed by atoms with van der Waals surface area (Å²) in [6.07, 6.45) is 0. The summed E-state index contributed by atoms with van der Waals surface area (Å²) in [6.45, 7) is 0. The Hall–Kier alpha value is -7.43. The highest BCUT2D eigenvalue weighted by Crippen LogP contribution is 2.37. The number of aromatic nitrogens is 4. The summed E-state index contributed by atoms with van der Waals surface area (Å²) in [7, 11) is 0. The third-order valence-corrected chi connectivity index (χ3v) is 10.8. The standard InChI is InChI=1S/C51H32N4/c1-2-12-35(13-3-1)49-52-50(54-51(53-49)46-31-39-16-6-7-17-41(39)42-18-8-9-19-43(42)46)36-24-22-33(23-25-36)34-26-28-40(29-27-34)55-47-21-11-10-20-44(47)45-30-37-14-4-5-15-38(37)32-48(45)55/h1-32H. The van der Waals surface area contributed by atoms with Crippen LogP contribution in [0.5, 0.6) is 0 Å². The van der Waals surface area contributed by atoms with Crippen molar-refractivity contribution in [2.45, 2.75) is 0 Å². The fraction of sp³-hybridized carbons (Fsp3) is 0. The molecule has 11 rings (SSSR count). The molecule has 0 radical (unpaired) electrons. The van der Waals surface area contributed by atoms with Gasteiger partial charge in [0.25, 0.3) is 0 Å². The molecule has 0 aliphatic heterocycles. The van der Waals surface area contributed by atoms with E-state index in [9.17, 15) is 0 Å². The molecule has 0 aliphatic carbocycles. The maximum absolute atomic E-state index is 5.14. The van der Waals surface area contributed by atoms with Gasteiger partial charge in [-0.15, -0.1) is 0 Å². The van der Waals surface area contributed by atoms with E-state index in [1.165, 1.54) is 43.4 Å². The van der Waals surface area contributed by atoms with Crippen molar-refractivity contribution in [1.29, 1.82) is 0 Å². The maximum atomic E-state index is 5.14. The average molecular weight is 701 g/mol. The van der Waals surface area contributed by atoms with Crippen molar-refractivity contribution in [3.63, 3.8) is 0 Å². The van der Waals surface area contributed by atoms with Gasteiger partial charge in [0.15, 0.2) is 17.5 Å². The predicted molar refractivity (Wildman–Crippen MR) is 228 cm³/mol. The minimum absolute atomic E-state index is 0.641. The van der Waals surface area contributed by atoms with E-state index in [0.717, 1.165) is 44.3 Å². The molecule has 0 saturated heterocycles. The first-order valence-corrected chi connectivity index (χ1v) is 18.6. The minimum atomic E-state index is 0.641. The van der Waals surface area contributed by atoms with Crippen molar-refractivity contribution in [1.82, 2.24) is 19.5 Å². The smallest absolute Gasteiger partial charge is 0.164 e. The van der Waals surface area contributed by atoms with E-state index >= 15 is 0 Å². The zero-order chi connectivity index (χ0) is 36.3. The van der Waals surface area contributed by atoms with E-state index in [1.807, 2.05) is 18.2 Å². The number of nitrogens with zero attached hydrogens (tertiary/aromatic N) is 4. The van der Waals surface area contributed by atoms with E-state index in [4.69, 9.17) is 15.0 Å². The van der Waals surface area contributed by atoms with Gasteiger partial charge in [-0.25, -0.2) is 15.0 Å². The molecule has 9 aromatic carbocycles. The Kier molecular flexibility index (Phi) is 7.14. The van der Waals surface area contributed by atoms with Crippen LogP contribution < -0.4 is 0 Å². The molecule has 0 fully saturated rings. The molecule has 0 aliphatic rings. The lowest BCUT2D eigenvalue weighted by atomic mass is 9.97. The van der Waals surface area contributed by atoms with E-state index in [-0.39, 0.29) is 0 Å². The van der Waals surface area contributed by atoms with Crippen LogP contribution in [-0.2, 0) is 0 Å². The summed E-state index contributed by atoms with van der Waals surface area (Å²) in [5.41, 5.74) is 8.69. The highest BCUT2D eigenvalue weighted by molar-refractivity contribution is 6.14. The molecule has 4 heteroatoms. The van der Waals surface area contributed by atoms with Crippen molar-refractivity contribution in [2.75, 3.05) is 0 Å². The Balaban J connectivity index is 0.988. The number of benzene rings is 9. The first-order valence-electron chi connectivity index (χ1n) is 18.6. The van der Waals surface area contributed by atoms with E-state index in [1.54, 1.807) is 0 Å². The van der Waals surface area contributed by atoms with Crippen LogP contribution in [0.1, 0.15) is 0 Å². The van der Waals surface area contributed by atoms with Gasteiger partial charge < -0.3 is 4.57 Å². The van der Waals surface area contributed by atoms with Crippen molar-refractivity contribution < 1.29 is 0 Å². The van der Waals surface area contributed by atoms with Gasteiger partial charge in [-0.05, 0) is 79.8 Å². The van der Waals surface area contributed by atoms with Crippen molar-refractivity contribution in [3.05, 3.63) is 194 Å². The molecule has 0 saturated carbocycles. The second-order valence-corrected chi connectivity index (χ2v) is 14.1. The Labute approximate surface area is 317 Å². The monoisotopic (exact) mass is 700 g/mol. The zero-order valence-corrected chi connectivity index (χ0v) is 29.8. The highest BCUT2D eigenvalue weighted by atomic mass is 15.0. The Morgan fingerprint density at radius 3 is 1.53 bits per heavy atom. The molecule has 0 N–H and O–H groups in total. The third-order valence-electron chi connectivity index (χ3n) is 10.8. The van der Waals surface area contributed by atoms with Gasteiger partial charge in [0.05, 0.1) is 11.0 Å². The second-order valence-electron chi connectivity index (χ2n) is 14.1. The number of rotatable bonds is 5. The average Bonchev–Trinajstić information content (AvgIpc) is 3.58. The van der Waals surface area contributed by atoms with Crippen LogP contribution in [0.25, 0.3) is 105 Å². The molecule has 0 spiro atoms. The van der Waals surface area contributed by atoms with Crippen molar-refractivity contribution in [2.24, 2.45) is 0 Å². The molecule has 4 nitrogen and oxygen atoms in total. The lowest BCUT2D eigenvalue weighted by molar-refractivity contribution is 1.08. The molecule has 2 heterocycles. The molecule has 11 aromatic rings. The highest BCUT2D eigenvalue weighted by Gasteiger charge is 2.17. The molecule has 55 heavy (non-hydrogen) atoms. The third kappa shape index (κ3) is 5.26. The van der Waals surface area contributed by atoms with Gasteiger partial charge in [0, 0.05) is 33.2 Å². The van der Waals surface area contributed by atoms with Crippen LogP contribution >= 0.6 is 0 Å². The molecule has 0 atom stereocenters. The number of hydrogen-bond acceptors (Lipinski definition) is 3. The lowest BCUT2D eigenvalue weighted by Gasteiger charge is -2.13. The van der Waals surface area contributed by atoms with E-state index in [0.29, 0.717) is 17.5 Å². The number of para-hydroxylation sites is 1. The first-order chi connectivity index (χ1) is 27.2. The summed E-state index contributed by atoms with van der Waals surface area (Å²) in [4.78, 5) is 15.2. The maximum Gasteiger partial charge on any atom is 0.164 e. The molecule has 256 valence electrons. The molecule has 0 amide bonds. The molecular weight excluding hydrogens is 669 g/mol.